The fourth-order valence-electron chi connectivity index (χ4n) is 6.23. The second-order valence-corrected chi connectivity index (χ2v) is 11.4. The fourth-order valence-corrected chi connectivity index (χ4v) is 6.23. The van der Waals surface area contributed by atoms with Gasteiger partial charge in [-0.15, -0.1) is 0 Å². The molecular weight excluding hydrogens is 522 g/mol. The number of amides is 1. The van der Waals surface area contributed by atoms with E-state index in [1.807, 2.05) is 24.3 Å². The Morgan fingerprint density at radius 1 is 0.929 bits per heavy atom. The van der Waals surface area contributed by atoms with E-state index in [4.69, 9.17) is 14.9 Å². The third kappa shape index (κ3) is 6.47. The van der Waals surface area contributed by atoms with Crippen molar-refractivity contribution in [1.29, 1.82) is 0 Å². The van der Waals surface area contributed by atoms with Crippen LogP contribution in [0.3, 0.4) is 0 Å². The number of ether oxygens (including phenoxy) is 1. The Balaban J connectivity index is 1.29. The van der Waals surface area contributed by atoms with Gasteiger partial charge in [-0.3, -0.25) is 4.79 Å². The minimum atomic E-state index is -0.257. The lowest BCUT2D eigenvalue weighted by Gasteiger charge is -2.28. The SMILES string of the molecule is COc1ccc(CC2C(CCc3ccccc3)=NN=C2[C@@H](Cc2c[nH]c3ccccc23)NC(=O)C2CCNCC2)cc1. The topological polar surface area (TPSA) is 90.9 Å². The lowest BCUT2D eigenvalue weighted by molar-refractivity contribution is -0.126. The van der Waals surface area contributed by atoms with Gasteiger partial charge in [-0.1, -0.05) is 60.7 Å². The number of H-pyrrole nitrogens is 1. The molecule has 0 radical (unpaired) electrons. The second kappa shape index (κ2) is 13.2. The van der Waals surface area contributed by atoms with Gasteiger partial charge in [-0.25, -0.2) is 0 Å². The van der Waals surface area contributed by atoms with Crippen LogP contribution in [0.1, 0.15) is 36.0 Å². The summed E-state index contributed by atoms with van der Waals surface area (Å²) in [5, 5.41) is 17.6. The van der Waals surface area contributed by atoms with Gasteiger partial charge in [-0.05, 0) is 80.1 Å². The van der Waals surface area contributed by atoms with Crippen LogP contribution in [0, 0.1) is 11.8 Å². The zero-order valence-corrected chi connectivity index (χ0v) is 24.2. The molecule has 0 aliphatic carbocycles. The van der Waals surface area contributed by atoms with Gasteiger partial charge in [0.1, 0.15) is 5.75 Å². The van der Waals surface area contributed by atoms with Gasteiger partial charge < -0.3 is 20.4 Å². The number of benzene rings is 3. The molecule has 2 aliphatic rings. The van der Waals surface area contributed by atoms with E-state index in [1.54, 1.807) is 7.11 Å². The van der Waals surface area contributed by atoms with Crippen molar-refractivity contribution in [1.82, 2.24) is 15.6 Å². The number of carbonyl (C=O) groups excluding carboxylic acids is 1. The molecule has 3 N–H and O–H groups in total. The lowest BCUT2D eigenvalue weighted by atomic mass is 9.83. The molecule has 6 rings (SSSR count). The van der Waals surface area contributed by atoms with E-state index in [-0.39, 0.29) is 23.8 Å². The third-order valence-electron chi connectivity index (χ3n) is 8.65. The first-order valence-electron chi connectivity index (χ1n) is 15.0. The van der Waals surface area contributed by atoms with Crippen LogP contribution in [0.5, 0.6) is 5.75 Å². The van der Waals surface area contributed by atoms with Crippen molar-refractivity contribution in [3.63, 3.8) is 0 Å². The average molecular weight is 562 g/mol. The van der Waals surface area contributed by atoms with Gasteiger partial charge in [0.15, 0.2) is 0 Å². The molecule has 1 amide bonds. The molecular formula is C35H39N5O2. The molecule has 0 bridgehead atoms. The summed E-state index contributed by atoms with van der Waals surface area (Å²) in [5.74, 6) is 0.969. The zero-order valence-electron chi connectivity index (χ0n) is 24.2. The number of rotatable bonds is 11. The molecule has 2 atom stereocenters. The standard InChI is InChI=1S/C35H39N5O2/c1-42-28-14-11-25(12-15-28)21-30-32(16-13-24-7-3-2-4-8-24)39-40-34(30)33(38-35(41)26-17-19-36-20-18-26)22-27-23-37-31-10-6-5-9-29(27)31/h2-12,14-15,23,26,30,33,36-37H,13,16-22H2,1H3,(H,38,41)/t30?,33-/m1/s1. The zero-order chi connectivity index (χ0) is 28.7. The lowest BCUT2D eigenvalue weighted by Crippen LogP contribution is -2.49. The predicted molar refractivity (Wildman–Crippen MR) is 169 cm³/mol. The van der Waals surface area contributed by atoms with Gasteiger partial charge in [0.2, 0.25) is 5.91 Å². The summed E-state index contributed by atoms with van der Waals surface area (Å²) in [5.41, 5.74) is 6.76. The van der Waals surface area contributed by atoms with Crippen LogP contribution < -0.4 is 15.4 Å². The van der Waals surface area contributed by atoms with Crippen LogP contribution in [0.15, 0.2) is 95.3 Å². The summed E-state index contributed by atoms with van der Waals surface area (Å²) in [7, 11) is 1.69. The number of piperidine rings is 1. The molecule has 1 fully saturated rings. The average Bonchev–Trinajstić information content (AvgIpc) is 3.64. The third-order valence-corrected chi connectivity index (χ3v) is 8.65. The highest BCUT2D eigenvalue weighted by Gasteiger charge is 2.35. The molecule has 0 spiro atoms. The van der Waals surface area contributed by atoms with Crippen molar-refractivity contribution in [2.45, 2.75) is 44.6 Å². The first kappa shape index (κ1) is 27.9. The molecule has 3 aromatic carbocycles. The van der Waals surface area contributed by atoms with Crippen molar-refractivity contribution >= 4 is 28.2 Å². The van der Waals surface area contributed by atoms with E-state index < -0.39 is 0 Å². The van der Waals surface area contributed by atoms with Crippen molar-refractivity contribution in [3.8, 4) is 5.75 Å². The van der Waals surface area contributed by atoms with E-state index in [1.165, 1.54) is 22.1 Å². The van der Waals surface area contributed by atoms with Crippen molar-refractivity contribution < 1.29 is 9.53 Å². The molecule has 1 unspecified atom stereocenters. The maximum absolute atomic E-state index is 13.6. The largest absolute Gasteiger partial charge is 0.497 e. The molecule has 7 heteroatoms. The Morgan fingerprint density at radius 2 is 1.69 bits per heavy atom. The first-order chi connectivity index (χ1) is 20.7. The van der Waals surface area contributed by atoms with E-state index >= 15 is 0 Å². The fraction of sp³-hybridized carbons (Fsp3) is 0.343. The number of para-hydroxylation sites is 1. The summed E-state index contributed by atoms with van der Waals surface area (Å²) in [6, 6.07) is 26.8. The highest BCUT2D eigenvalue weighted by atomic mass is 16.5. The molecule has 2 aliphatic heterocycles. The van der Waals surface area contributed by atoms with Crippen LogP contribution in [0.25, 0.3) is 10.9 Å². The Bertz CT molecular complexity index is 1550. The number of carbonyl (C=O) groups is 1. The smallest absolute Gasteiger partial charge is 0.223 e. The van der Waals surface area contributed by atoms with E-state index in [0.29, 0.717) is 6.42 Å². The molecule has 3 heterocycles. The number of aromatic amines is 1. The summed E-state index contributed by atoms with van der Waals surface area (Å²) >= 11 is 0. The first-order valence-corrected chi connectivity index (χ1v) is 15.0. The van der Waals surface area contributed by atoms with E-state index in [9.17, 15) is 4.79 Å². The van der Waals surface area contributed by atoms with Crippen LogP contribution in [-0.4, -0.2) is 48.6 Å². The number of hydrogen-bond acceptors (Lipinski definition) is 5. The number of aromatic nitrogens is 1. The minimum Gasteiger partial charge on any atom is -0.497 e. The number of aryl methyl sites for hydroxylation is 1. The Morgan fingerprint density at radius 3 is 2.48 bits per heavy atom. The van der Waals surface area contributed by atoms with E-state index in [0.717, 1.165) is 67.9 Å². The van der Waals surface area contributed by atoms with Crippen molar-refractivity contribution in [2.24, 2.45) is 22.0 Å². The highest BCUT2D eigenvalue weighted by molar-refractivity contribution is 6.13. The number of fused-ring (bicyclic) bond motifs is 1. The molecule has 42 heavy (non-hydrogen) atoms. The van der Waals surface area contributed by atoms with E-state index in [2.05, 4.69) is 76.4 Å². The maximum Gasteiger partial charge on any atom is 0.223 e. The number of nitrogens with one attached hydrogen (secondary N) is 3. The number of methoxy groups -OCH3 is 1. The molecule has 7 nitrogen and oxygen atoms in total. The van der Waals surface area contributed by atoms with Gasteiger partial charge in [-0.2, -0.15) is 10.2 Å². The van der Waals surface area contributed by atoms with Gasteiger partial charge in [0, 0.05) is 35.4 Å². The number of nitrogens with zero attached hydrogens (tertiary/aromatic N) is 2. The Hall–Kier alpha value is -4.23. The maximum atomic E-state index is 13.6. The van der Waals surface area contributed by atoms with Crippen LogP contribution in [-0.2, 0) is 24.1 Å². The summed E-state index contributed by atoms with van der Waals surface area (Å²) in [6.07, 6.45) is 6.91. The normalized spacial score (nSPS) is 18.0. The molecule has 1 saturated heterocycles. The second-order valence-electron chi connectivity index (χ2n) is 11.4. The Labute approximate surface area is 247 Å². The van der Waals surface area contributed by atoms with Gasteiger partial charge in [0.05, 0.1) is 24.6 Å². The number of hydrogen-bond donors (Lipinski definition) is 3. The minimum absolute atomic E-state index is 0.00522. The predicted octanol–water partition coefficient (Wildman–Crippen LogP) is 5.51. The van der Waals surface area contributed by atoms with Crippen LogP contribution in [0.4, 0.5) is 0 Å². The monoisotopic (exact) mass is 561 g/mol. The molecule has 216 valence electrons. The molecule has 1 aromatic heterocycles. The summed E-state index contributed by atoms with van der Waals surface area (Å²) in [6.45, 7) is 1.75. The van der Waals surface area contributed by atoms with Crippen LogP contribution >= 0.6 is 0 Å². The molecule has 4 aromatic rings. The van der Waals surface area contributed by atoms with Crippen molar-refractivity contribution in [3.05, 3.63) is 102 Å². The quantitative estimate of drug-likeness (QED) is 0.226. The van der Waals surface area contributed by atoms with Gasteiger partial charge >= 0.3 is 0 Å². The highest BCUT2D eigenvalue weighted by Crippen LogP contribution is 2.27. The summed E-state index contributed by atoms with van der Waals surface area (Å²) in [4.78, 5) is 17.0. The Kier molecular flexibility index (Phi) is 8.75. The summed E-state index contributed by atoms with van der Waals surface area (Å²) < 4.78 is 5.40. The van der Waals surface area contributed by atoms with Crippen LogP contribution in [0.2, 0.25) is 0 Å². The van der Waals surface area contributed by atoms with Gasteiger partial charge in [0.25, 0.3) is 0 Å². The van der Waals surface area contributed by atoms with Crippen molar-refractivity contribution in [2.75, 3.05) is 20.2 Å². The molecule has 0 saturated carbocycles.